The van der Waals surface area contributed by atoms with Crippen LogP contribution in [0, 0.1) is 0 Å². The van der Waals surface area contributed by atoms with Crippen LogP contribution >= 0.6 is 0 Å². The van der Waals surface area contributed by atoms with E-state index in [0.29, 0.717) is 0 Å². The highest BCUT2D eigenvalue weighted by molar-refractivity contribution is 6.39. The molecule has 3 heterocycles. The molecular formula is C48H27N3O. The highest BCUT2D eigenvalue weighted by Gasteiger charge is 2.24. The largest absolute Gasteiger partial charge is 0.456 e. The summed E-state index contributed by atoms with van der Waals surface area (Å²) >= 11 is 0. The van der Waals surface area contributed by atoms with Gasteiger partial charge in [-0.1, -0.05) is 109 Å². The first-order valence-electron chi connectivity index (χ1n) is 17.7. The lowest BCUT2D eigenvalue weighted by atomic mass is 9.91. The topological polar surface area (TPSA) is 43.9 Å². The average Bonchev–Trinajstić information content (AvgIpc) is 3.75. The van der Waals surface area contributed by atoms with Crippen LogP contribution < -0.4 is 0 Å². The highest BCUT2D eigenvalue weighted by Crippen LogP contribution is 2.48. The third-order valence-electron chi connectivity index (χ3n) is 10.9. The van der Waals surface area contributed by atoms with Crippen molar-refractivity contribution in [1.29, 1.82) is 0 Å². The van der Waals surface area contributed by atoms with Gasteiger partial charge >= 0.3 is 0 Å². The number of nitrogens with zero attached hydrogens (tertiary/aromatic N) is 3. The Labute approximate surface area is 297 Å². The molecule has 0 N–H and O–H groups in total. The Morgan fingerprint density at radius 1 is 0.404 bits per heavy atom. The lowest BCUT2D eigenvalue weighted by molar-refractivity contribution is 0.669. The normalized spacial score (nSPS) is 12.2. The first-order valence-corrected chi connectivity index (χ1v) is 17.7. The molecule has 12 rings (SSSR count). The molecule has 4 heteroatoms. The fraction of sp³-hybridized carbons (Fsp3) is 0. The summed E-state index contributed by atoms with van der Waals surface area (Å²) < 4.78 is 8.67. The van der Waals surface area contributed by atoms with Gasteiger partial charge in [0.05, 0.1) is 39.1 Å². The van der Waals surface area contributed by atoms with Crippen molar-refractivity contribution in [3.8, 4) is 28.2 Å². The molecule has 12 aromatic rings. The molecule has 9 aromatic carbocycles. The van der Waals surface area contributed by atoms with Crippen molar-refractivity contribution in [2.24, 2.45) is 0 Å². The maximum absolute atomic E-state index is 6.22. The quantitative estimate of drug-likeness (QED) is 0.177. The Morgan fingerprint density at radius 2 is 1.06 bits per heavy atom. The molecular weight excluding hydrogens is 635 g/mol. The fourth-order valence-corrected chi connectivity index (χ4v) is 8.71. The van der Waals surface area contributed by atoms with E-state index in [2.05, 4.69) is 138 Å². The smallest absolute Gasteiger partial charge is 0.135 e. The number of aromatic nitrogens is 3. The van der Waals surface area contributed by atoms with E-state index in [1.165, 1.54) is 54.1 Å². The SMILES string of the molecule is c1ccc(-n2c3cccc4c5ccccc5c5c6ccccc6cc2c5c43)c(-c2nc3ccccc3nc2-c2ccc3oc4ccccc4c3c2)c1. The minimum atomic E-state index is 0.836. The molecule has 0 aliphatic rings. The van der Waals surface area contributed by atoms with E-state index in [-0.39, 0.29) is 0 Å². The van der Waals surface area contributed by atoms with Crippen molar-refractivity contribution in [3.05, 3.63) is 164 Å². The monoisotopic (exact) mass is 661 g/mol. The van der Waals surface area contributed by atoms with E-state index < -0.39 is 0 Å². The van der Waals surface area contributed by atoms with Gasteiger partial charge in [0.25, 0.3) is 0 Å². The predicted octanol–water partition coefficient (Wildman–Crippen LogP) is 12.9. The number of benzene rings is 9. The Balaban J connectivity index is 1.21. The summed E-state index contributed by atoms with van der Waals surface area (Å²) in [7, 11) is 0. The number of hydrogen-bond acceptors (Lipinski definition) is 3. The zero-order valence-electron chi connectivity index (χ0n) is 27.8. The van der Waals surface area contributed by atoms with E-state index in [1.807, 2.05) is 30.3 Å². The zero-order chi connectivity index (χ0) is 33.9. The van der Waals surface area contributed by atoms with Crippen LogP contribution in [-0.2, 0) is 0 Å². The maximum atomic E-state index is 6.22. The summed E-state index contributed by atoms with van der Waals surface area (Å²) in [6.45, 7) is 0. The molecule has 52 heavy (non-hydrogen) atoms. The number of para-hydroxylation sites is 4. The Kier molecular flexibility index (Phi) is 5.47. The fourth-order valence-electron chi connectivity index (χ4n) is 8.71. The molecule has 0 bridgehead atoms. The highest BCUT2D eigenvalue weighted by atomic mass is 16.3. The van der Waals surface area contributed by atoms with Gasteiger partial charge < -0.3 is 8.98 Å². The van der Waals surface area contributed by atoms with E-state index >= 15 is 0 Å². The summed E-state index contributed by atoms with van der Waals surface area (Å²) in [6.07, 6.45) is 0. The first kappa shape index (κ1) is 27.7. The molecule has 240 valence electrons. The summed E-state index contributed by atoms with van der Waals surface area (Å²) in [5.74, 6) is 0. The van der Waals surface area contributed by atoms with Gasteiger partial charge in [-0.2, -0.15) is 0 Å². The summed E-state index contributed by atoms with van der Waals surface area (Å²) in [5.41, 5.74) is 10.6. The van der Waals surface area contributed by atoms with Crippen LogP contribution in [0.4, 0.5) is 0 Å². The van der Waals surface area contributed by atoms with Crippen molar-refractivity contribution in [1.82, 2.24) is 14.5 Å². The van der Waals surface area contributed by atoms with Crippen molar-refractivity contribution in [2.45, 2.75) is 0 Å². The Hall–Kier alpha value is -7.04. The molecule has 0 aliphatic carbocycles. The van der Waals surface area contributed by atoms with Gasteiger partial charge in [-0.05, 0) is 81.5 Å². The molecule has 0 spiro atoms. The molecule has 0 amide bonds. The van der Waals surface area contributed by atoms with Gasteiger partial charge in [0, 0.05) is 38.1 Å². The molecule has 4 nitrogen and oxygen atoms in total. The predicted molar refractivity (Wildman–Crippen MR) is 216 cm³/mol. The average molecular weight is 662 g/mol. The second-order valence-corrected chi connectivity index (χ2v) is 13.7. The van der Waals surface area contributed by atoms with Gasteiger partial charge in [-0.3, -0.25) is 0 Å². The maximum Gasteiger partial charge on any atom is 0.135 e. The van der Waals surface area contributed by atoms with Crippen molar-refractivity contribution in [2.75, 3.05) is 0 Å². The molecule has 0 saturated heterocycles. The van der Waals surface area contributed by atoms with Gasteiger partial charge in [0.15, 0.2) is 0 Å². The third-order valence-corrected chi connectivity index (χ3v) is 10.9. The summed E-state index contributed by atoms with van der Waals surface area (Å²) in [4.78, 5) is 10.8. The van der Waals surface area contributed by atoms with Gasteiger partial charge in [0.1, 0.15) is 11.2 Å². The number of furan rings is 1. The lowest BCUT2D eigenvalue weighted by Gasteiger charge is -2.17. The van der Waals surface area contributed by atoms with E-state index in [4.69, 9.17) is 14.4 Å². The zero-order valence-corrected chi connectivity index (χ0v) is 27.8. The van der Waals surface area contributed by atoms with Crippen LogP contribution in [0.25, 0.3) is 115 Å². The Bertz CT molecular complexity index is 3420. The lowest BCUT2D eigenvalue weighted by Crippen LogP contribution is -2.01. The van der Waals surface area contributed by atoms with Crippen molar-refractivity contribution >= 4 is 87.1 Å². The Morgan fingerprint density at radius 3 is 1.94 bits per heavy atom. The van der Waals surface area contributed by atoms with Gasteiger partial charge in [-0.25, -0.2) is 9.97 Å². The van der Waals surface area contributed by atoms with E-state index in [0.717, 1.165) is 61.2 Å². The molecule has 0 atom stereocenters. The van der Waals surface area contributed by atoms with E-state index in [9.17, 15) is 0 Å². The standard InChI is InChI=1S/C48H27N3O/c1-2-13-30-28(12-1)27-41-46-44(30)33-16-4-3-14-31(33)34-18-11-22-40(45(34)46)51(41)39-21-9-5-17-35(39)48-47(49-37-19-7-8-20-38(37)50-48)29-24-25-43-36(26-29)32-15-6-10-23-42(32)52-43/h1-27H. The van der Waals surface area contributed by atoms with Gasteiger partial charge in [-0.15, -0.1) is 0 Å². The first-order chi connectivity index (χ1) is 25.8. The molecule has 0 fully saturated rings. The third kappa shape index (κ3) is 3.70. The van der Waals surface area contributed by atoms with Crippen LogP contribution in [0.2, 0.25) is 0 Å². The second-order valence-electron chi connectivity index (χ2n) is 13.7. The molecule has 0 unspecified atom stereocenters. The van der Waals surface area contributed by atoms with E-state index in [1.54, 1.807) is 0 Å². The van der Waals surface area contributed by atoms with Gasteiger partial charge in [0.2, 0.25) is 0 Å². The van der Waals surface area contributed by atoms with Crippen molar-refractivity contribution in [3.63, 3.8) is 0 Å². The van der Waals surface area contributed by atoms with Crippen LogP contribution in [0.3, 0.4) is 0 Å². The minimum Gasteiger partial charge on any atom is -0.456 e. The number of hydrogen-bond donors (Lipinski definition) is 0. The second kappa shape index (κ2) is 10.3. The number of rotatable bonds is 3. The van der Waals surface area contributed by atoms with Crippen LogP contribution in [0.1, 0.15) is 0 Å². The molecule has 3 aromatic heterocycles. The summed E-state index contributed by atoms with van der Waals surface area (Å²) in [6, 6.07) is 58.2. The molecule has 0 saturated carbocycles. The number of fused-ring (bicyclic) bond motifs is 9. The molecule has 0 radical (unpaired) electrons. The van der Waals surface area contributed by atoms with Crippen LogP contribution in [0.15, 0.2) is 168 Å². The van der Waals surface area contributed by atoms with Crippen LogP contribution in [-0.4, -0.2) is 14.5 Å². The summed E-state index contributed by atoms with van der Waals surface area (Å²) in [5, 5.41) is 12.3. The van der Waals surface area contributed by atoms with Crippen molar-refractivity contribution < 1.29 is 4.42 Å². The van der Waals surface area contributed by atoms with Crippen LogP contribution in [0.5, 0.6) is 0 Å². The molecule has 0 aliphatic heterocycles. The minimum absolute atomic E-state index is 0.836.